The maximum atomic E-state index is 5.12. The van der Waals surface area contributed by atoms with Gasteiger partial charge in [-0.3, -0.25) is 0 Å². The van der Waals surface area contributed by atoms with Crippen molar-refractivity contribution < 1.29 is 0 Å². The molecule has 0 amide bonds. The molecular weight excluding hydrogens is 142 g/mol. The van der Waals surface area contributed by atoms with E-state index in [0.29, 0.717) is 0 Å². The highest BCUT2D eigenvalue weighted by Gasteiger charge is 2.14. The number of hydrogen-bond acceptors (Lipinski definition) is 0. The Morgan fingerprint density at radius 2 is 1.50 bits per heavy atom. The third-order valence-electron chi connectivity index (χ3n) is 0.231. The Hall–Kier alpha value is 0.870. The Morgan fingerprint density at radius 1 is 1.33 bits per heavy atom. The Balaban J connectivity index is 3.17. The van der Waals surface area contributed by atoms with Crippen molar-refractivity contribution in [3.8, 4) is 0 Å². The van der Waals surface area contributed by atoms with Gasteiger partial charge >= 0.3 is 0 Å². The van der Waals surface area contributed by atoms with Crippen LogP contribution in [-0.4, -0.2) is 3.79 Å². The molecule has 0 unspecified atom stereocenters. The van der Waals surface area contributed by atoms with Gasteiger partial charge in [0.25, 0.3) is 0 Å². The molecule has 0 N–H and O–H groups in total. The van der Waals surface area contributed by atoms with Gasteiger partial charge in [0.2, 0.25) is 0 Å². The van der Waals surface area contributed by atoms with Crippen molar-refractivity contribution in [1.82, 2.24) is 0 Å². The van der Waals surface area contributed by atoms with Crippen molar-refractivity contribution in [2.75, 3.05) is 0 Å². The molecule has 0 spiro atoms. The van der Waals surface area contributed by atoms with Crippen molar-refractivity contribution in [1.29, 1.82) is 0 Å². The maximum absolute atomic E-state index is 5.12. The molecule has 0 aliphatic carbocycles. The van der Waals surface area contributed by atoms with Gasteiger partial charge in [-0.25, -0.2) is 0 Å². The third kappa shape index (κ3) is 4.87. The van der Waals surface area contributed by atoms with Gasteiger partial charge in [-0.05, 0) is 13.3 Å². The zero-order valence-electron chi connectivity index (χ0n) is 2.92. The van der Waals surface area contributed by atoms with Crippen LogP contribution in [0.25, 0.3) is 0 Å². The van der Waals surface area contributed by atoms with E-state index in [-0.39, 0.29) is 6.42 Å². The minimum atomic E-state index is -1.26. The second-order valence-electron chi connectivity index (χ2n) is 0.819. The van der Waals surface area contributed by atoms with E-state index >= 15 is 0 Å². The number of alkyl halides is 3. The zero-order chi connectivity index (χ0) is 5.21. The van der Waals surface area contributed by atoms with Crippen LogP contribution in [0.4, 0.5) is 0 Å². The van der Waals surface area contributed by atoms with E-state index in [1.165, 1.54) is 0 Å². The minimum Gasteiger partial charge on any atom is -0.0837 e. The summed E-state index contributed by atoms with van der Waals surface area (Å²) in [5.41, 5.74) is 0. The molecule has 0 nitrogen and oxygen atoms in total. The second-order valence-corrected chi connectivity index (χ2v) is 3.34. The van der Waals surface area contributed by atoms with Crippen LogP contribution in [0, 0.1) is 6.92 Å². The first kappa shape index (κ1) is 6.87. The van der Waals surface area contributed by atoms with Crippen LogP contribution >= 0.6 is 34.8 Å². The van der Waals surface area contributed by atoms with Gasteiger partial charge in [0, 0.05) is 0 Å². The fourth-order valence-corrected chi connectivity index (χ4v) is 0. The first-order valence-electron chi connectivity index (χ1n) is 1.33. The van der Waals surface area contributed by atoms with Crippen LogP contribution in [0.3, 0.4) is 0 Å². The highest BCUT2D eigenvalue weighted by atomic mass is 35.6. The molecule has 0 aromatic carbocycles. The molecule has 0 aromatic rings. The third-order valence-corrected chi connectivity index (χ3v) is 0.694. The minimum absolute atomic E-state index is 0.0671. The van der Waals surface area contributed by atoms with Crippen molar-refractivity contribution in [3.05, 3.63) is 6.92 Å². The van der Waals surface area contributed by atoms with Crippen LogP contribution in [0.2, 0.25) is 0 Å². The molecule has 6 heavy (non-hydrogen) atoms. The van der Waals surface area contributed by atoms with Gasteiger partial charge in [0.15, 0.2) is 3.79 Å². The molecular formula is C3H3Cl3. The van der Waals surface area contributed by atoms with Crippen LogP contribution in [-0.2, 0) is 0 Å². The predicted octanol–water partition coefficient (Wildman–Crippen LogP) is 2.46. The molecule has 0 rings (SSSR count). The predicted molar refractivity (Wildman–Crippen MR) is 29.2 cm³/mol. The van der Waals surface area contributed by atoms with E-state index in [2.05, 4.69) is 0 Å². The quantitative estimate of drug-likeness (QED) is 0.459. The van der Waals surface area contributed by atoms with Crippen LogP contribution < -0.4 is 0 Å². The highest BCUT2D eigenvalue weighted by Crippen LogP contribution is 2.28. The zero-order valence-corrected chi connectivity index (χ0v) is 5.19. The Kier molecular flexibility index (Phi) is 2.57. The maximum Gasteiger partial charge on any atom is 0.190 e. The molecule has 0 fully saturated rings. The average molecular weight is 145 g/mol. The molecule has 0 atom stereocenters. The van der Waals surface area contributed by atoms with E-state index in [1.807, 2.05) is 0 Å². The summed E-state index contributed by atoms with van der Waals surface area (Å²) in [7, 11) is 0. The summed E-state index contributed by atoms with van der Waals surface area (Å²) < 4.78 is -1.26. The van der Waals surface area contributed by atoms with Crippen molar-refractivity contribution in [2.24, 2.45) is 0 Å². The number of rotatable bonds is 0. The molecule has 0 aromatic heterocycles. The van der Waals surface area contributed by atoms with E-state index in [1.54, 1.807) is 0 Å². The highest BCUT2D eigenvalue weighted by molar-refractivity contribution is 6.67. The van der Waals surface area contributed by atoms with Gasteiger partial charge in [0.1, 0.15) is 0 Å². The lowest BCUT2D eigenvalue weighted by Crippen LogP contribution is -1.96. The number of halogens is 3. The standard InChI is InChI=1S/C3H3Cl3/c1-2-3(4,5)6/h1H,2H2. The molecule has 0 aliphatic heterocycles. The molecule has 0 bridgehead atoms. The van der Waals surface area contributed by atoms with Crippen molar-refractivity contribution in [3.63, 3.8) is 0 Å². The van der Waals surface area contributed by atoms with E-state index < -0.39 is 3.79 Å². The van der Waals surface area contributed by atoms with Crippen molar-refractivity contribution in [2.45, 2.75) is 10.2 Å². The lowest BCUT2D eigenvalue weighted by molar-refractivity contribution is 1.07. The summed E-state index contributed by atoms with van der Waals surface area (Å²) in [6.45, 7) is 4.91. The SMILES string of the molecule is [CH]CC(Cl)(Cl)Cl. The molecule has 0 saturated heterocycles. The smallest absolute Gasteiger partial charge is 0.0837 e. The van der Waals surface area contributed by atoms with E-state index in [4.69, 9.17) is 41.7 Å². The summed E-state index contributed by atoms with van der Waals surface area (Å²) in [6, 6.07) is 0. The summed E-state index contributed by atoms with van der Waals surface area (Å²) >= 11 is 15.4. The molecule has 3 heteroatoms. The topological polar surface area (TPSA) is 0 Å². The monoisotopic (exact) mass is 144 g/mol. The van der Waals surface area contributed by atoms with Crippen LogP contribution in [0.1, 0.15) is 6.42 Å². The molecule has 0 saturated carbocycles. The lowest BCUT2D eigenvalue weighted by atomic mass is 10.6. The molecule has 2 radical (unpaired) electrons. The first-order valence-corrected chi connectivity index (χ1v) is 2.46. The largest absolute Gasteiger partial charge is 0.190 e. The van der Waals surface area contributed by atoms with Crippen molar-refractivity contribution >= 4 is 34.8 Å². The number of hydrogen-bond donors (Lipinski definition) is 0. The second kappa shape index (κ2) is 2.25. The summed E-state index contributed by atoms with van der Waals surface area (Å²) in [6.07, 6.45) is 0.0671. The van der Waals surface area contributed by atoms with Gasteiger partial charge < -0.3 is 0 Å². The van der Waals surface area contributed by atoms with Crippen LogP contribution in [0.15, 0.2) is 0 Å². The Bertz CT molecular complexity index is 35.8. The van der Waals surface area contributed by atoms with Gasteiger partial charge in [-0.15, -0.1) is 0 Å². The first-order chi connectivity index (χ1) is 2.56. The molecule has 0 aliphatic rings. The molecule has 0 heterocycles. The van der Waals surface area contributed by atoms with E-state index in [0.717, 1.165) is 0 Å². The van der Waals surface area contributed by atoms with Crippen LogP contribution in [0.5, 0.6) is 0 Å². The fourth-order valence-electron chi connectivity index (χ4n) is 0. The van der Waals surface area contributed by atoms with Gasteiger partial charge in [0.05, 0.1) is 0 Å². The Morgan fingerprint density at radius 3 is 1.50 bits per heavy atom. The summed E-state index contributed by atoms with van der Waals surface area (Å²) in [5.74, 6) is 0. The fraction of sp³-hybridized carbons (Fsp3) is 0.667. The lowest BCUT2D eigenvalue weighted by Gasteiger charge is -2.02. The van der Waals surface area contributed by atoms with Gasteiger partial charge in [-0.1, -0.05) is 34.8 Å². The molecule has 36 valence electrons. The van der Waals surface area contributed by atoms with Gasteiger partial charge in [-0.2, -0.15) is 0 Å². The average Bonchev–Trinajstić information content (AvgIpc) is 1.35. The Labute approximate surface area is 52.4 Å². The summed E-state index contributed by atoms with van der Waals surface area (Å²) in [4.78, 5) is 0. The van der Waals surface area contributed by atoms with E-state index in [9.17, 15) is 0 Å². The summed E-state index contributed by atoms with van der Waals surface area (Å²) in [5, 5.41) is 0. The normalized spacial score (nSPS) is 12.0.